The highest BCUT2D eigenvalue weighted by Gasteiger charge is 2.39. The molecule has 0 saturated heterocycles. The minimum Gasteiger partial charge on any atom is -0.434 e. The van der Waals surface area contributed by atoms with Gasteiger partial charge in [0.25, 0.3) is 0 Å². The predicted octanol–water partition coefficient (Wildman–Crippen LogP) is 3.02. The van der Waals surface area contributed by atoms with Crippen LogP contribution >= 0.6 is 0 Å². The molecule has 1 N–H and O–H groups in total. The van der Waals surface area contributed by atoms with Crippen molar-refractivity contribution in [1.29, 1.82) is 0 Å². The molecule has 1 unspecified atom stereocenters. The van der Waals surface area contributed by atoms with E-state index in [1.807, 2.05) is 0 Å². The molecular weight excluding hydrogens is 383 g/mol. The number of carbonyl (C=O) groups is 2. The number of ether oxygens (including phenoxy) is 3. The average molecular weight is 398 g/mol. The molecule has 0 spiro atoms. The van der Waals surface area contributed by atoms with Crippen LogP contribution in [-0.4, -0.2) is 37.1 Å². The van der Waals surface area contributed by atoms with E-state index < -0.39 is 65.6 Å². The van der Waals surface area contributed by atoms with Gasteiger partial charge in [-0.05, 0) is 13.3 Å². The van der Waals surface area contributed by atoms with Crippen LogP contribution in [0.2, 0.25) is 0 Å². The molecule has 1 atom stereocenters. The second-order valence-corrected chi connectivity index (χ2v) is 5.47. The van der Waals surface area contributed by atoms with Crippen LogP contribution in [-0.2, 0) is 14.3 Å². The molecule has 0 aliphatic rings. The smallest absolute Gasteiger partial charge is 0.434 e. The first-order valence-electron chi connectivity index (χ1n) is 7.34. The summed E-state index contributed by atoms with van der Waals surface area (Å²) in [5.41, 5.74) is -2.07. The second-order valence-electron chi connectivity index (χ2n) is 5.47. The lowest BCUT2D eigenvalue weighted by molar-refractivity contribution is -0.151. The molecule has 0 bridgehead atoms. The highest BCUT2D eigenvalue weighted by Crippen LogP contribution is 2.31. The molecule has 0 aliphatic carbocycles. The van der Waals surface area contributed by atoms with Gasteiger partial charge in [-0.1, -0.05) is 6.08 Å². The molecule has 6 nitrogen and oxygen atoms in total. The van der Waals surface area contributed by atoms with E-state index >= 15 is 0 Å². The number of halogens is 5. The molecule has 1 rings (SSSR count). The van der Waals surface area contributed by atoms with Crippen molar-refractivity contribution in [2.24, 2.45) is 5.41 Å². The fraction of sp³-hybridized carbons (Fsp3) is 0.375. The van der Waals surface area contributed by atoms with Crippen LogP contribution in [0.3, 0.4) is 0 Å². The maximum absolute atomic E-state index is 13.6. The average Bonchev–Trinajstić information content (AvgIpc) is 2.66. The van der Waals surface area contributed by atoms with E-state index in [-0.39, 0.29) is 6.61 Å². The second kappa shape index (κ2) is 9.31. The Morgan fingerprint density at radius 1 is 1.04 bits per heavy atom. The van der Waals surface area contributed by atoms with E-state index in [0.717, 1.165) is 6.92 Å². The Morgan fingerprint density at radius 2 is 1.56 bits per heavy atom. The summed E-state index contributed by atoms with van der Waals surface area (Å²) in [6, 6.07) is 0. The standard InChI is InChI=1S/C16H15F5O6/c1-3-4-5-25-15(24)26-7-16(2,6-22)14(23)27-13-11(20)9(18)8(17)10(19)12(13)21/h3,22H,1,4-7H2,2H3. The van der Waals surface area contributed by atoms with Gasteiger partial charge in [0.1, 0.15) is 12.0 Å². The van der Waals surface area contributed by atoms with Crippen molar-refractivity contribution in [2.75, 3.05) is 19.8 Å². The maximum Gasteiger partial charge on any atom is 0.508 e. The topological polar surface area (TPSA) is 82.1 Å². The zero-order valence-corrected chi connectivity index (χ0v) is 14.0. The van der Waals surface area contributed by atoms with Crippen molar-refractivity contribution in [3.8, 4) is 5.75 Å². The summed E-state index contributed by atoms with van der Waals surface area (Å²) in [6.07, 6.45) is 0.543. The molecule has 0 aromatic heterocycles. The Balaban J connectivity index is 2.93. The molecule has 0 saturated carbocycles. The largest absolute Gasteiger partial charge is 0.508 e. The Morgan fingerprint density at radius 3 is 2.04 bits per heavy atom. The summed E-state index contributed by atoms with van der Waals surface area (Å²) in [7, 11) is 0. The summed E-state index contributed by atoms with van der Waals surface area (Å²) in [5.74, 6) is -15.2. The highest BCUT2D eigenvalue weighted by atomic mass is 19.2. The number of benzene rings is 1. The fourth-order valence-corrected chi connectivity index (χ4v) is 1.54. The molecule has 0 amide bonds. The predicted molar refractivity (Wildman–Crippen MR) is 79.2 cm³/mol. The van der Waals surface area contributed by atoms with Crippen LogP contribution in [0.25, 0.3) is 0 Å². The van der Waals surface area contributed by atoms with E-state index in [4.69, 9.17) is 0 Å². The zero-order valence-electron chi connectivity index (χ0n) is 14.0. The molecule has 0 fully saturated rings. The van der Waals surface area contributed by atoms with Gasteiger partial charge in [-0.25, -0.2) is 18.0 Å². The minimum atomic E-state index is -2.43. The highest BCUT2D eigenvalue weighted by molar-refractivity contribution is 5.79. The van der Waals surface area contributed by atoms with Crippen molar-refractivity contribution in [3.63, 3.8) is 0 Å². The molecule has 27 heavy (non-hydrogen) atoms. The Hall–Kier alpha value is -2.69. The van der Waals surface area contributed by atoms with Crippen LogP contribution < -0.4 is 4.74 Å². The van der Waals surface area contributed by atoms with Gasteiger partial charge in [0.15, 0.2) is 0 Å². The Kier molecular flexibility index (Phi) is 7.70. The van der Waals surface area contributed by atoms with Crippen LogP contribution in [0.4, 0.5) is 26.7 Å². The summed E-state index contributed by atoms with van der Waals surface area (Å²) in [6.45, 7) is 2.38. The normalized spacial score (nSPS) is 12.9. The number of rotatable bonds is 8. The number of esters is 1. The van der Waals surface area contributed by atoms with Crippen molar-refractivity contribution in [3.05, 3.63) is 41.7 Å². The molecule has 0 aliphatic heterocycles. The summed E-state index contributed by atoms with van der Waals surface area (Å²) in [5, 5.41) is 9.31. The Bertz CT molecular complexity index is 709. The van der Waals surface area contributed by atoms with Gasteiger partial charge in [0, 0.05) is 0 Å². The summed E-state index contributed by atoms with van der Waals surface area (Å²) >= 11 is 0. The molecule has 150 valence electrons. The number of hydrogen-bond acceptors (Lipinski definition) is 6. The lowest BCUT2D eigenvalue weighted by Gasteiger charge is -2.24. The van der Waals surface area contributed by atoms with E-state index in [0.29, 0.717) is 6.42 Å². The molecule has 0 radical (unpaired) electrons. The van der Waals surface area contributed by atoms with Crippen molar-refractivity contribution < 1.29 is 50.9 Å². The molecule has 11 heteroatoms. The first-order chi connectivity index (χ1) is 12.6. The third-order valence-electron chi connectivity index (χ3n) is 3.26. The van der Waals surface area contributed by atoms with Crippen LogP contribution in [0.5, 0.6) is 5.75 Å². The third kappa shape index (κ3) is 5.16. The quantitative estimate of drug-likeness (QED) is 0.138. The van der Waals surface area contributed by atoms with Gasteiger partial charge in [-0.15, -0.1) is 6.58 Å². The van der Waals surface area contributed by atoms with E-state index in [9.17, 15) is 36.6 Å². The van der Waals surface area contributed by atoms with E-state index in [1.54, 1.807) is 0 Å². The summed E-state index contributed by atoms with van der Waals surface area (Å²) < 4.78 is 79.8. The number of hydrogen-bond donors (Lipinski definition) is 1. The van der Waals surface area contributed by atoms with Crippen LogP contribution in [0, 0.1) is 34.5 Å². The number of aliphatic hydroxyl groups excluding tert-OH is 1. The number of carbonyl (C=O) groups excluding carboxylic acids is 2. The van der Waals surface area contributed by atoms with Crippen molar-refractivity contribution in [1.82, 2.24) is 0 Å². The summed E-state index contributed by atoms with van der Waals surface area (Å²) in [4.78, 5) is 23.4. The molecule has 1 aromatic rings. The zero-order chi connectivity index (χ0) is 20.8. The monoisotopic (exact) mass is 398 g/mol. The first kappa shape index (κ1) is 22.4. The third-order valence-corrected chi connectivity index (χ3v) is 3.26. The number of aliphatic hydroxyl groups is 1. The van der Waals surface area contributed by atoms with Crippen molar-refractivity contribution >= 4 is 12.1 Å². The van der Waals surface area contributed by atoms with Crippen LogP contribution in [0.15, 0.2) is 12.7 Å². The van der Waals surface area contributed by atoms with E-state index in [1.165, 1.54) is 6.08 Å². The Labute approximate surface area is 150 Å². The molecular formula is C16H15F5O6. The fourth-order valence-electron chi connectivity index (χ4n) is 1.54. The minimum absolute atomic E-state index is 0.0762. The van der Waals surface area contributed by atoms with Gasteiger partial charge in [0.05, 0.1) is 13.2 Å². The van der Waals surface area contributed by atoms with Gasteiger partial charge in [-0.2, -0.15) is 8.78 Å². The van der Waals surface area contributed by atoms with Crippen molar-refractivity contribution in [2.45, 2.75) is 13.3 Å². The van der Waals surface area contributed by atoms with E-state index in [2.05, 4.69) is 20.8 Å². The van der Waals surface area contributed by atoms with Gasteiger partial charge in [0.2, 0.25) is 34.8 Å². The lowest BCUT2D eigenvalue weighted by Crippen LogP contribution is -2.40. The van der Waals surface area contributed by atoms with Gasteiger partial charge >= 0.3 is 12.1 Å². The van der Waals surface area contributed by atoms with Crippen LogP contribution in [0.1, 0.15) is 13.3 Å². The maximum atomic E-state index is 13.6. The first-order valence-corrected chi connectivity index (χ1v) is 7.34. The molecule has 0 heterocycles. The molecule has 1 aromatic carbocycles. The SMILES string of the molecule is C=CCCOC(=O)OCC(C)(CO)C(=O)Oc1c(F)c(F)c(F)c(F)c1F. The lowest BCUT2D eigenvalue weighted by atomic mass is 9.93. The van der Waals surface area contributed by atoms with Gasteiger partial charge < -0.3 is 19.3 Å². The van der Waals surface area contributed by atoms with Gasteiger partial charge in [-0.3, -0.25) is 4.79 Å².